The number of pyridine rings is 1. The largest absolute Gasteiger partial charge is 0.309 e. The van der Waals surface area contributed by atoms with Crippen LogP contribution in [0.1, 0.15) is 0 Å². The summed E-state index contributed by atoms with van der Waals surface area (Å²) in [6.45, 7) is 0. The van der Waals surface area contributed by atoms with Crippen LogP contribution in [0, 0.1) is 0 Å². The quantitative estimate of drug-likeness (QED) is 0.184. The first kappa shape index (κ1) is 28.3. The Balaban J connectivity index is 1.12. The highest BCUT2D eigenvalue weighted by atomic mass is 15.0. The van der Waals surface area contributed by atoms with Crippen molar-refractivity contribution >= 4 is 43.6 Å². The molecule has 0 spiro atoms. The summed E-state index contributed by atoms with van der Waals surface area (Å²) in [5.41, 5.74) is 14.2. The average Bonchev–Trinajstić information content (AvgIpc) is 3.71. The predicted octanol–water partition coefficient (Wildman–Crippen LogP) is 12.3. The van der Waals surface area contributed by atoms with Gasteiger partial charge in [0.15, 0.2) is 0 Å². The smallest absolute Gasteiger partial charge is 0.0547 e. The predicted molar refractivity (Wildman–Crippen MR) is 209 cm³/mol. The average molecular weight is 638 g/mol. The van der Waals surface area contributed by atoms with Crippen molar-refractivity contribution in [2.45, 2.75) is 0 Å². The Kier molecular flexibility index (Phi) is 6.49. The molecule has 0 atom stereocenters. The molecule has 0 aliphatic heterocycles. The maximum absolute atomic E-state index is 4.20. The van der Waals surface area contributed by atoms with Gasteiger partial charge in [-0.3, -0.25) is 4.98 Å². The Labute approximate surface area is 290 Å². The maximum atomic E-state index is 4.20. The summed E-state index contributed by atoms with van der Waals surface area (Å²) in [5, 5.41) is 5.03. The van der Waals surface area contributed by atoms with Crippen LogP contribution in [0.25, 0.3) is 88.4 Å². The topological polar surface area (TPSA) is 22.8 Å². The van der Waals surface area contributed by atoms with Crippen LogP contribution < -0.4 is 0 Å². The van der Waals surface area contributed by atoms with Crippen molar-refractivity contribution in [3.05, 3.63) is 188 Å². The molecule has 3 heteroatoms. The normalized spacial score (nSPS) is 11.6. The van der Waals surface area contributed by atoms with E-state index in [1.807, 2.05) is 12.4 Å². The Morgan fingerprint density at radius 3 is 1.26 bits per heavy atom. The third kappa shape index (κ3) is 4.56. The fraction of sp³-hybridized carbons (Fsp3) is 0. The van der Waals surface area contributed by atoms with Crippen molar-refractivity contribution in [2.75, 3.05) is 0 Å². The molecule has 0 bridgehead atoms. The van der Waals surface area contributed by atoms with Gasteiger partial charge in [0.25, 0.3) is 0 Å². The van der Waals surface area contributed by atoms with Crippen molar-refractivity contribution in [3.8, 4) is 44.8 Å². The van der Waals surface area contributed by atoms with E-state index in [2.05, 4.69) is 190 Å². The van der Waals surface area contributed by atoms with E-state index in [-0.39, 0.29) is 0 Å². The zero-order chi connectivity index (χ0) is 33.0. The standard InChI is InChI=1S/C47H31N3/c1-4-19-44-40(16-1)41-17-2-5-20-45(41)49(44)38-14-9-13-36(30-38)37-22-23-43-42-18-3-6-21-46(42)50(47(43)31-37)39-15-8-12-35(29-39)34-11-7-10-33(28-34)32-24-26-48-27-25-32/h1-31H. The van der Waals surface area contributed by atoms with E-state index in [1.165, 1.54) is 71.4 Å². The van der Waals surface area contributed by atoms with Gasteiger partial charge < -0.3 is 9.13 Å². The van der Waals surface area contributed by atoms with Crippen LogP contribution in [0.4, 0.5) is 0 Å². The summed E-state index contributed by atoms with van der Waals surface area (Å²) in [4.78, 5) is 4.20. The molecule has 0 fully saturated rings. The summed E-state index contributed by atoms with van der Waals surface area (Å²) < 4.78 is 4.81. The molecule has 3 aromatic heterocycles. The van der Waals surface area contributed by atoms with Gasteiger partial charge in [0.2, 0.25) is 0 Å². The SMILES string of the molecule is c1cc(-c2ccncc2)cc(-c2cccc(-n3c4ccccc4c4ccc(-c5cccc(-n6c7ccccc7c7ccccc76)c5)cc43)c2)c1. The number of hydrogen-bond donors (Lipinski definition) is 0. The second kappa shape index (κ2) is 11.5. The Hall–Kier alpha value is -6.71. The van der Waals surface area contributed by atoms with Crippen molar-refractivity contribution in [2.24, 2.45) is 0 Å². The first-order chi connectivity index (χ1) is 24.8. The van der Waals surface area contributed by atoms with Gasteiger partial charge in [-0.2, -0.15) is 0 Å². The lowest BCUT2D eigenvalue weighted by molar-refractivity contribution is 1.18. The molecule has 0 N–H and O–H groups in total. The van der Waals surface area contributed by atoms with Gasteiger partial charge in [-0.15, -0.1) is 0 Å². The number of nitrogens with zero attached hydrogens (tertiary/aromatic N) is 3. The molecule has 7 aromatic carbocycles. The molecule has 0 unspecified atom stereocenters. The molecule has 0 aliphatic carbocycles. The molecular formula is C47H31N3. The van der Waals surface area contributed by atoms with Crippen LogP contribution >= 0.6 is 0 Å². The maximum Gasteiger partial charge on any atom is 0.0547 e. The van der Waals surface area contributed by atoms with Crippen molar-refractivity contribution in [1.82, 2.24) is 14.1 Å². The second-order valence-electron chi connectivity index (χ2n) is 12.9. The Bertz CT molecular complexity index is 2820. The number of aromatic nitrogens is 3. The van der Waals surface area contributed by atoms with Gasteiger partial charge in [-0.25, -0.2) is 0 Å². The number of para-hydroxylation sites is 3. The lowest BCUT2D eigenvalue weighted by atomic mass is 9.99. The van der Waals surface area contributed by atoms with Crippen molar-refractivity contribution in [1.29, 1.82) is 0 Å². The Morgan fingerprint density at radius 2 is 0.700 bits per heavy atom. The lowest BCUT2D eigenvalue weighted by Crippen LogP contribution is -1.95. The number of fused-ring (bicyclic) bond motifs is 6. The summed E-state index contributed by atoms with van der Waals surface area (Å²) in [5.74, 6) is 0. The van der Waals surface area contributed by atoms with Gasteiger partial charge in [-0.05, 0) is 100 Å². The third-order valence-corrected chi connectivity index (χ3v) is 10.0. The summed E-state index contributed by atoms with van der Waals surface area (Å²) in [6.07, 6.45) is 3.69. The van der Waals surface area contributed by atoms with Crippen molar-refractivity contribution < 1.29 is 0 Å². The van der Waals surface area contributed by atoms with Crippen LogP contribution in [-0.4, -0.2) is 14.1 Å². The minimum atomic E-state index is 1.14. The number of benzene rings is 7. The summed E-state index contributed by atoms with van der Waals surface area (Å²) >= 11 is 0. The van der Waals surface area contributed by atoms with E-state index in [0.29, 0.717) is 0 Å². The van der Waals surface area contributed by atoms with E-state index >= 15 is 0 Å². The van der Waals surface area contributed by atoms with E-state index < -0.39 is 0 Å². The van der Waals surface area contributed by atoms with Gasteiger partial charge in [0.1, 0.15) is 0 Å². The third-order valence-electron chi connectivity index (χ3n) is 10.0. The number of rotatable bonds is 5. The van der Waals surface area contributed by atoms with E-state index in [4.69, 9.17) is 0 Å². The molecule has 0 radical (unpaired) electrons. The lowest BCUT2D eigenvalue weighted by Gasteiger charge is -2.13. The summed E-state index contributed by atoms with van der Waals surface area (Å²) in [6, 6.07) is 63.8. The van der Waals surface area contributed by atoms with E-state index in [9.17, 15) is 0 Å². The first-order valence-electron chi connectivity index (χ1n) is 17.0. The van der Waals surface area contributed by atoms with Crippen LogP contribution in [0.2, 0.25) is 0 Å². The van der Waals surface area contributed by atoms with Crippen LogP contribution in [0.5, 0.6) is 0 Å². The molecule has 50 heavy (non-hydrogen) atoms. The zero-order valence-electron chi connectivity index (χ0n) is 27.2. The monoisotopic (exact) mass is 637 g/mol. The van der Waals surface area contributed by atoms with Gasteiger partial charge in [-0.1, -0.05) is 109 Å². The molecule has 10 aromatic rings. The molecule has 3 nitrogen and oxygen atoms in total. The van der Waals surface area contributed by atoms with E-state index in [1.54, 1.807) is 0 Å². The van der Waals surface area contributed by atoms with E-state index in [0.717, 1.165) is 16.9 Å². The zero-order valence-corrected chi connectivity index (χ0v) is 27.2. The molecule has 234 valence electrons. The molecule has 3 heterocycles. The van der Waals surface area contributed by atoms with Crippen LogP contribution in [-0.2, 0) is 0 Å². The van der Waals surface area contributed by atoms with Crippen molar-refractivity contribution in [3.63, 3.8) is 0 Å². The van der Waals surface area contributed by atoms with Crippen LogP contribution in [0.3, 0.4) is 0 Å². The number of hydrogen-bond acceptors (Lipinski definition) is 1. The molecule has 0 aliphatic rings. The molecular weight excluding hydrogens is 607 g/mol. The highest BCUT2D eigenvalue weighted by Gasteiger charge is 2.16. The highest BCUT2D eigenvalue weighted by molar-refractivity contribution is 6.11. The van der Waals surface area contributed by atoms with Crippen LogP contribution in [0.15, 0.2) is 188 Å². The minimum Gasteiger partial charge on any atom is -0.309 e. The molecule has 0 amide bonds. The van der Waals surface area contributed by atoms with Gasteiger partial charge in [0, 0.05) is 45.3 Å². The fourth-order valence-corrected chi connectivity index (χ4v) is 7.70. The first-order valence-corrected chi connectivity index (χ1v) is 17.0. The molecule has 10 rings (SSSR count). The van der Waals surface area contributed by atoms with Gasteiger partial charge in [0.05, 0.1) is 22.1 Å². The fourth-order valence-electron chi connectivity index (χ4n) is 7.70. The Morgan fingerprint density at radius 1 is 0.280 bits per heavy atom. The molecule has 0 saturated carbocycles. The summed E-state index contributed by atoms with van der Waals surface area (Å²) in [7, 11) is 0. The second-order valence-corrected chi connectivity index (χ2v) is 12.9. The van der Waals surface area contributed by atoms with Gasteiger partial charge >= 0.3 is 0 Å². The molecule has 0 saturated heterocycles. The highest BCUT2D eigenvalue weighted by Crippen LogP contribution is 2.38. The minimum absolute atomic E-state index is 1.14.